The van der Waals surface area contributed by atoms with Crippen LogP contribution in [0.4, 0.5) is 0 Å². The normalized spacial score (nSPS) is 11.3. The second-order valence-electron chi connectivity index (χ2n) is 4.44. The number of rotatable bonds is 4. The molecule has 2 aromatic rings. The van der Waals surface area contributed by atoms with Crippen molar-refractivity contribution >= 4 is 40.2 Å². The molecule has 1 aromatic carbocycles. The van der Waals surface area contributed by atoms with Crippen molar-refractivity contribution < 1.29 is 9.53 Å². The Morgan fingerprint density at radius 1 is 1.25 bits per heavy atom. The molecule has 4 nitrogen and oxygen atoms in total. The van der Waals surface area contributed by atoms with Crippen LogP contribution < -0.4 is 0 Å². The molecule has 0 saturated heterocycles. The van der Waals surface area contributed by atoms with Crippen LogP contribution in [0.2, 0.25) is 5.15 Å². The molecule has 0 atom stereocenters. The summed E-state index contributed by atoms with van der Waals surface area (Å²) in [5.41, 5.74) is 2.27. The smallest absolute Gasteiger partial charge is 0.337 e. The fourth-order valence-corrected chi connectivity index (χ4v) is 2.12. The van der Waals surface area contributed by atoms with Gasteiger partial charge in [-0.05, 0) is 31.2 Å². The van der Waals surface area contributed by atoms with Crippen molar-refractivity contribution in [3.63, 3.8) is 0 Å². The number of esters is 1. The minimum absolute atomic E-state index is 0.302. The summed E-state index contributed by atoms with van der Waals surface area (Å²) in [5.74, 6) is -0.423. The summed E-state index contributed by atoms with van der Waals surface area (Å²) in [6.07, 6.45) is 5.96. The molecule has 0 aliphatic rings. The zero-order valence-electron chi connectivity index (χ0n) is 14.1. The van der Waals surface area contributed by atoms with Gasteiger partial charge >= 0.3 is 5.97 Å². The van der Waals surface area contributed by atoms with Crippen LogP contribution in [-0.4, -0.2) is 23.0 Å². The lowest BCUT2D eigenvalue weighted by Gasteiger charge is -2.05. The maximum absolute atomic E-state index is 11.5. The average Bonchev–Trinajstić information content (AvgIpc) is 2.62. The highest BCUT2D eigenvalue weighted by molar-refractivity contribution is 6.31. The van der Waals surface area contributed by atoms with Gasteiger partial charge in [-0.15, -0.1) is 0 Å². The van der Waals surface area contributed by atoms with Gasteiger partial charge in [-0.1, -0.05) is 49.2 Å². The highest BCUT2D eigenvalue weighted by Crippen LogP contribution is 2.19. The number of methoxy groups -OCH3 is 1. The lowest BCUT2D eigenvalue weighted by molar-refractivity contribution is 0.0601. The second-order valence-corrected chi connectivity index (χ2v) is 5.23. The molecular weight excluding hydrogens is 347 g/mol. The van der Waals surface area contributed by atoms with Gasteiger partial charge in [-0.25, -0.2) is 14.8 Å². The predicted molar refractivity (Wildman–Crippen MR) is 99.7 cm³/mol. The van der Waals surface area contributed by atoms with E-state index < -0.39 is 5.97 Å². The van der Waals surface area contributed by atoms with Gasteiger partial charge in [-0.2, -0.15) is 0 Å². The molecule has 24 heavy (non-hydrogen) atoms. The first-order chi connectivity index (χ1) is 11.5. The molecule has 0 radical (unpaired) electrons. The molecule has 0 spiro atoms. The first-order valence-electron chi connectivity index (χ1n) is 7.58. The molecule has 0 unspecified atom stereocenters. The Bertz CT molecular complexity index is 771. The Balaban J connectivity index is 0.00000139. The number of benzene rings is 1. The fraction of sp³-hybridized carbons (Fsp3) is 0.278. The van der Waals surface area contributed by atoms with E-state index in [0.29, 0.717) is 38.9 Å². The van der Waals surface area contributed by atoms with Gasteiger partial charge in [0.05, 0.1) is 29.4 Å². The third kappa shape index (κ3) is 5.32. The van der Waals surface area contributed by atoms with Crippen LogP contribution in [0, 0.1) is 0 Å². The first-order valence-corrected chi connectivity index (χ1v) is 8.33. The average molecular weight is 367 g/mol. The molecule has 128 valence electrons. The zero-order chi connectivity index (χ0) is 18.1. The zero-order valence-corrected chi connectivity index (χ0v) is 15.6. The molecule has 2 rings (SSSR count). The van der Waals surface area contributed by atoms with Crippen molar-refractivity contribution in [3.05, 3.63) is 57.9 Å². The lowest BCUT2D eigenvalue weighted by Crippen LogP contribution is -2.02. The molecule has 6 heteroatoms. The summed E-state index contributed by atoms with van der Waals surface area (Å²) in [5, 5.41) is 0.948. The van der Waals surface area contributed by atoms with E-state index in [0.717, 1.165) is 0 Å². The van der Waals surface area contributed by atoms with Gasteiger partial charge < -0.3 is 4.74 Å². The van der Waals surface area contributed by atoms with E-state index in [4.69, 9.17) is 23.2 Å². The molecule has 0 aliphatic carbocycles. The van der Waals surface area contributed by atoms with Crippen molar-refractivity contribution in [2.75, 3.05) is 7.11 Å². The minimum atomic E-state index is -0.423. The van der Waals surface area contributed by atoms with Crippen LogP contribution in [0.5, 0.6) is 0 Å². The summed E-state index contributed by atoms with van der Waals surface area (Å²) in [6, 6.07) is 4.97. The number of hydrogen-bond donors (Lipinski definition) is 0. The Morgan fingerprint density at radius 3 is 2.58 bits per heavy atom. The SMILES string of the molecule is C/C=C(Cl)\C=C/Cc1nc2ccc(C(=O)OC)cc2nc1Cl.CC. The van der Waals surface area contributed by atoms with Crippen LogP contribution in [0.15, 0.2) is 41.5 Å². The van der Waals surface area contributed by atoms with Crippen molar-refractivity contribution in [1.29, 1.82) is 0 Å². The van der Waals surface area contributed by atoms with Crippen molar-refractivity contribution in [2.24, 2.45) is 0 Å². The summed E-state index contributed by atoms with van der Waals surface area (Å²) in [7, 11) is 1.33. The summed E-state index contributed by atoms with van der Waals surface area (Å²) >= 11 is 12.0. The van der Waals surface area contributed by atoms with Crippen LogP contribution in [0.1, 0.15) is 36.8 Å². The monoisotopic (exact) mass is 366 g/mol. The maximum Gasteiger partial charge on any atom is 0.337 e. The molecule has 0 N–H and O–H groups in total. The Labute approximate surface area is 152 Å². The number of carbonyl (C=O) groups is 1. The van der Waals surface area contributed by atoms with E-state index >= 15 is 0 Å². The largest absolute Gasteiger partial charge is 0.465 e. The Kier molecular flexibility index (Phi) is 8.44. The summed E-state index contributed by atoms with van der Waals surface area (Å²) in [4.78, 5) is 20.3. The van der Waals surface area contributed by atoms with Crippen molar-refractivity contribution in [2.45, 2.75) is 27.2 Å². The third-order valence-electron chi connectivity index (χ3n) is 2.97. The molecule has 0 amide bonds. The van der Waals surface area contributed by atoms with E-state index in [2.05, 4.69) is 14.7 Å². The van der Waals surface area contributed by atoms with Crippen molar-refractivity contribution in [1.82, 2.24) is 9.97 Å². The van der Waals surface area contributed by atoms with Crippen LogP contribution in [0.3, 0.4) is 0 Å². The minimum Gasteiger partial charge on any atom is -0.465 e. The maximum atomic E-state index is 11.5. The van der Waals surface area contributed by atoms with E-state index in [-0.39, 0.29) is 0 Å². The summed E-state index contributed by atoms with van der Waals surface area (Å²) < 4.78 is 4.68. The molecular formula is C18H20Cl2N2O2. The summed E-state index contributed by atoms with van der Waals surface area (Å²) in [6.45, 7) is 5.86. The van der Waals surface area contributed by atoms with Gasteiger partial charge in [0.15, 0.2) is 5.15 Å². The number of carbonyl (C=O) groups excluding carboxylic acids is 1. The van der Waals surface area contributed by atoms with Gasteiger partial charge in [0.1, 0.15) is 0 Å². The second kappa shape index (κ2) is 10.1. The van der Waals surface area contributed by atoms with Crippen LogP contribution in [-0.2, 0) is 11.2 Å². The Morgan fingerprint density at radius 2 is 1.96 bits per heavy atom. The van der Waals surface area contributed by atoms with Crippen LogP contribution >= 0.6 is 23.2 Å². The van der Waals surface area contributed by atoms with E-state index in [1.165, 1.54) is 7.11 Å². The number of aromatic nitrogens is 2. The Hall–Kier alpha value is -1.91. The van der Waals surface area contributed by atoms with Crippen molar-refractivity contribution in [3.8, 4) is 0 Å². The number of allylic oxidation sites excluding steroid dienone is 4. The fourth-order valence-electron chi connectivity index (χ4n) is 1.82. The number of fused-ring (bicyclic) bond motifs is 1. The van der Waals surface area contributed by atoms with Gasteiger partial charge in [0, 0.05) is 11.5 Å². The molecule has 0 bridgehead atoms. The standard InChI is InChI=1S/C16H14Cl2N2O2.C2H6/c1-3-11(17)5-4-6-13-15(18)20-14-9-10(16(21)22-2)7-8-12(14)19-13;1-2/h3-5,7-9H,6H2,1-2H3;1-2H3/b5-4-,11-3+;. The van der Waals surface area contributed by atoms with E-state index in [9.17, 15) is 4.79 Å². The molecule has 0 aliphatic heterocycles. The van der Waals surface area contributed by atoms with Gasteiger partial charge in [0.25, 0.3) is 0 Å². The van der Waals surface area contributed by atoms with E-state index in [1.807, 2.05) is 26.8 Å². The third-order valence-corrected chi connectivity index (χ3v) is 3.62. The van der Waals surface area contributed by atoms with Gasteiger partial charge in [-0.3, -0.25) is 0 Å². The highest BCUT2D eigenvalue weighted by atomic mass is 35.5. The predicted octanol–water partition coefficient (Wildman–Crippen LogP) is 5.34. The van der Waals surface area contributed by atoms with E-state index in [1.54, 1.807) is 30.4 Å². The highest BCUT2D eigenvalue weighted by Gasteiger charge is 2.10. The number of hydrogen-bond acceptors (Lipinski definition) is 4. The number of halogens is 2. The van der Waals surface area contributed by atoms with Crippen LogP contribution in [0.25, 0.3) is 11.0 Å². The first kappa shape index (κ1) is 20.1. The molecule has 0 fully saturated rings. The molecule has 1 aromatic heterocycles. The lowest BCUT2D eigenvalue weighted by atomic mass is 10.2. The molecule has 1 heterocycles. The topological polar surface area (TPSA) is 52.1 Å². The van der Waals surface area contributed by atoms with Gasteiger partial charge in [0.2, 0.25) is 0 Å². The molecule has 0 saturated carbocycles. The number of nitrogens with zero attached hydrogens (tertiary/aromatic N) is 2. The number of ether oxygens (including phenoxy) is 1. The quantitative estimate of drug-likeness (QED) is 0.541.